The zero-order valence-corrected chi connectivity index (χ0v) is 15.6. The zero-order chi connectivity index (χ0) is 19.5. The molecule has 4 rings (SSSR count). The molecule has 2 aromatic heterocycles. The third kappa shape index (κ3) is 3.35. The lowest BCUT2D eigenvalue weighted by Crippen LogP contribution is -2.01. The number of hydrogen-bond donors (Lipinski definition) is 0. The Hall–Kier alpha value is -3.92. The minimum atomic E-state index is 0.427. The van der Waals surface area contributed by atoms with Gasteiger partial charge < -0.3 is 4.74 Å². The summed E-state index contributed by atoms with van der Waals surface area (Å²) in [6, 6.07) is 17.2. The molecule has 7 heteroatoms. The van der Waals surface area contributed by atoms with Gasteiger partial charge in [-0.05, 0) is 62.4 Å². The second-order valence-corrected chi connectivity index (χ2v) is 6.34. The Bertz CT molecular complexity index is 1120. The molecule has 0 amide bonds. The van der Waals surface area contributed by atoms with Crippen LogP contribution in [0.3, 0.4) is 0 Å². The molecule has 0 bridgehead atoms. The maximum Gasteiger partial charge on any atom is 0.138 e. The summed E-state index contributed by atoms with van der Waals surface area (Å²) in [6.45, 7) is 4.42. The van der Waals surface area contributed by atoms with E-state index in [-0.39, 0.29) is 0 Å². The van der Waals surface area contributed by atoms with Gasteiger partial charge in [-0.3, -0.25) is 0 Å². The van der Waals surface area contributed by atoms with E-state index in [4.69, 9.17) is 10.00 Å². The highest BCUT2D eigenvalue weighted by Crippen LogP contribution is 2.21. The molecular formula is C21H18N6O. The smallest absolute Gasteiger partial charge is 0.138 e. The van der Waals surface area contributed by atoms with Crippen LogP contribution < -0.4 is 4.74 Å². The van der Waals surface area contributed by atoms with Gasteiger partial charge >= 0.3 is 0 Å². The molecule has 0 aliphatic rings. The summed E-state index contributed by atoms with van der Waals surface area (Å²) in [4.78, 5) is 3.95. The number of aromatic nitrogens is 5. The Kier molecular flexibility index (Phi) is 4.60. The lowest BCUT2D eigenvalue weighted by molar-refractivity contribution is 0.304. The first-order valence-corrected chi connectivity index (χ1v) is 8.79. The Morgan fingerprint density at radius 1 is 1.00 bits per heavy atom. The molecule has 0 saturated heterocycles. The summed E-state index contributed by atoms with van der Waals surface area (Å²) in [7, 11) is 0. The Morgan fingerprint density at radius 2 is 1.71 bits per heavy atom. The SMILES string of the molecule is Cc1nn(-c2ccc(C#N)cc2)c(C)c1COc1ccc(-n2cncn2)cc1. The number of benzene rings is 2. The minimum absolute atomic E-state index is 0.427. The molecule has 4 aromatic rings. The van der Waals surface area contributed by atoms with E-state index in [1.807, 2.05) is 54.9 Å². The number of ether oxygens (including phenoxy) is 1. The predicted molar refractivity (Wildman–Crippen MR) is 103 cm³/mol. The van der Waals surface area contributed by atoms with Gasteiger partial charge in [-0.1, -0.05) is 0 Å². The summed E-state index contributed by atoms with van der Waals surface area (Å²) in [5.41, 5.74) is 5.45. The predicted octanol–water partition coefficient (Wildman–Crippen LogP) is 3.52. The number of hydrogen-bond acceptors (Lipinski definition) is 5. The molecule has 2 aromatic carbocycles. The Balaban J connectivity index is 1.51. The quantitative estimate of drug-likeness (QED) is 0.537. The largest absolute Gasteiger partial charge is 0.489 e. The van der Waals surface area contributed by atoms with Gasteiger partial charge in [0, 0.05) is 11.3 Å². The normalized spacial score (nSPS) is 10.6. The number of nitriles is 1. The first kappa shape index (κ1) is 17.5. The van der Waals surface area contributed by atoms with Crippen LogP contribution >= 0.6 is 0 Å². The van der Waals surface area contributed by atoms with Gasteiger partial charge in [0.05, 0.1) is 28.7 Å². The molecule has 7 nitrogen and oxygen atoms in total. The van der Waals surface area contributed by atoms with E-state index in [0.717, 1.165) is 34.1 Å². The van der Waals surface area contributed by atoms with Crippen LogP contribution in [-0.2, 0) is 6.61 Å². The van der Waals surface area contributed by atoms with Gasteiger partial charge in [0.25, 0.3) is 0 Å². The molecule has 0 unspecified atom stereocenters. The van der Waals surface area contributed by atoms with Gasteiger partial charge in [0.2, 0.25) is 0 Å². The molecular weight excluding hydrogens is 352 g/mol. The fraction of sp³-hybridized carbons (Fsp3) is 0.143. The van der Waals surface area contributed by atoms with Crippen LogP contribution in [0, 0.1) is 25.2 Å². The van der Waals surface area contributed by atoms with Crippen molar-refractivity contribution in [3.8, 4) is 23.2 Å². The highest BCUT2D eigenvalue weighted by Gasteiger charge is 2.13. The van der Waals surface area contributed by atoms with Crippen LogP contribution in [0.2, 0.25) is 0 Å². The second kappa shape index (κ2) is 7.37. The van der Waals surface area contributed by atoms with Crippen LogP contribution in [-0.4, -0.2) is 24.5 Å². The topological polar surface area (TPSA) is 81.5 Å². The fourth-order valence-corrected chi connectivity index (χ4v) is 3.00. The van der Waals surface area contributed by atoms with Gasteiger partial charge in [-0.2, -0.15) is 15.5 Å². The summed E-state index contributed by atoms with van der Waals surface area (Å²) in [6.07, 6.45) is 3.15. The van der Waals surface area contributed by atoms with Crippen molar-refractivity contribution in [2.75, 3.05) is 0 Å². The molecule has 0 aliphatic carbocycles. The Morgan fingerprint density at radius 3 is 2.36 bits per heavy atom. The third-order valence-corrected chi connectivity index (χ3v) is 4.59. The van der Waals surface area contributed by atoms with Crippen molar-refractivity contribution < 1.29 is 4.74 Å². The molecule has 0 saturated carbocycles. The van der Waals surface area contributed by atoms with E-state index in [0.29, 0.717) is 12.2 Å². The fourth-order valence-electron chi connectivity index (χ4n) is 3.00. The summed E-state index contributed by atoms with van der Waals surface area (Å²) < 4.78 is 9.54. The highest BCUT2D eigenvalue weighted by atomic mass is 16.5. The lowest BCUT2D eigenvalue weighted by Gasteiger charge is -2.08. The van der Waals surface area contributed by atoms with Crippen molar-refractivity contribution in [1.29, 1.82) is 5.26 Å². The average molecular weight is 370 g/mol. The Labute approximate surface area is 162 Å². The number of nitrogens with zero attached hydrogens (tertiary/aromatic N) is 6. The van der Waals surface area contributed by atoms with Crippen LogP contribution in [0.1, 0.15) is 22.5 Å². The van der Waals surface area contributed by atoms with Gasteiger partial charge in [-0.25, -0.2) is 14.3 Å². The number of rotatable bonds is 5. The van der Waals surface area contributed by atoms with Crippen molar-refractivity contribution in [2.24, 2.45) is 0 Å². The van der Waals surface area contributed by atoms with Gasteiger partial charge in [-0.15, -0.1) is 0 Å². The molecule has 0 N–H and O–H groups in total. The standard InChI is InChI=1S/C21H18N6O/c1-15-21(16(2)27(25-15)19-5-3-17(11-22)4-6-19)12-28-20-9-7-18(8-10-20)26-14-23-13-24-26/h3-10,13-14H,12H2,1-2H3. The molecule has 0 aliphatic heterocycles. The van der Waals surface area contributed by atoms with Gasteiger partial charge in [0.15, 0.2) is 0 Å². The minimum Gasteiger partial charge on any atom is -0.489 e. The third-order valence-electron chi connectivity index (χ3n) is 4.59. The van der Waals surface area contributed by atoms with Crippen molar-refractivity contribution in [3.63, 3.8) is 0 Å². The van der Waals surface area contributed by atoms with E-state index in [1.54, 1.807) is 23.1 Å². The van der Waals surface area contributed by atoms with Crippen LogP contribution in [0.15, 0.2) is 61.2 Å². The summed E-state index contributed by atoms with van der Waals surface area (Å²) in [5, 5.41) is 17.7. The van der Waals surface area contributed by atoms with E-state index in [9.17, 15) is 0 Å². The van der Waals surface area contributed by atoms with Gasteiger partial charge in [0.1, 0.15) is 25.0 Å². The average Bonchev–Trinajstić information content (AvgIpc) is 3.36. The van der Waals surface area contributed by atoms with Crippen LogP contribution in [0.4, 0.5) is 0 Å². The lowest BCUT2D eigenvalue weighted by atomic mass is 10.2. The van der Waals surface area contributed by atoms with E-state index in [1.165, 1.54) is 6.33 Å². The highest BCUT2D eigenvalue weighted by molar-refractivity contribution is 5.42. The maximum atomic E-state index is 8.95. The van der Waals surface area contributed by atoms with Crippen molar-refractivity contribution in [3.05, 3.63) is 83.7 Å². The summed E-state index contributed by atoms with van der Waals surface area (Å²) in [5.74, 6) is 0.772. The molecule has 0 spiro atoms. The molecule has 138 valence electrons. The molecule has 0 atom stereocenters. The number of aryl methyl sites for hydroxylation is 1. The van der Waals surface area contributed by atoms with Crippen LogP contribution in [0.25, 0.3) is 11.4 Å². The zero-order valence-electron chi connectivity index (χ0n) is 15.6. The van der Waals surface area contributed by atoms with Crippen molar-refractivity contribution in [1.82, 2.24) is 24.5 Å². The van der Waals surface area contributed by atoms with Crippen LogP contribution in [0.5, 0.6) is 5.75 Å². The first-order valence-electron chi connectivity index (χ1n) is 8.79. The monoisotopic (exact) mass is 370 g/mol. The molecule has 0 fully saturated rings. The molecule has 0 radical (unpaired) electrons. The second-order valence-electron chi connectivity index (χ2n) is 6.34. The maximum absolute atomic E-state index is 8.95. The molecule has 28 heavy (non-hydrogen) atoms. The van der Waals surface area contributed by atoms with E-state index in [2.05, 4.69) is 21.3 Å². The summed E-state index contributed by atoms with van der Waals surface area (Å²) >= 11 is 0. The van der Waals surface area contributed by atoms with E-state index >= 15 is 0 Å². The first-order chi connectivity index (χ1) is 13.7. The van der Waals surface area contributed by atoms with E-state index < -0.39 is 0 Å². The molecule has 2 heterocycles. The van der Waals surface area contributed by atoms with Crippen molar-refractivity contribution in [2.45, 2.75) is 20.5 Å². The van der Waals surface area contributed by atoms with Crippen molar-refractivity contribution >= 4 is 0 Å².